The van der Waals surface area contributed by atoms with Gasteiger partial charge in [-0.05, 0) is 20.8 Å². The first kappa shape index (κ1) is 10.6. The van der Waals surface area contributed by atoms with E-state index in [1.54, 1.807) is 6.92 Å². The monoisotopic (exact) mass is 198 g/mol. The predicted octanol–water partition coefficient (Wildman–Crippen LogP) is 1.53. The van der Waals surface area contributed by atoms with Crippen molar-refractivity contribution in [3.63, 3.8) is 0 Å². The number of oxazole rings is 1. The maximum Gasteiger partial charge on any atom is 0.373 e. The summed E-state index contributed by atoms with van der Waals surface area (Å²) >= 11 is 0. The summed E-state index contributed by atoms with van der Waals surface area (Å²) in [6, 6.07) is 0.380. The molecule has 0 aliphatic carbocycles. The molecule has 0 unspecified atom stereocenters. The fourth-order valence-electron chi connectivity index (χ4n) is 1.21. The quantitative estimate of drug-likeness (QED) is 0.794. The number of carboxylic acids is 1. The van der Waals surface area contributed by atoms with Crippen molar-refractivity contribution in [2.45, 2.75) is 20.8 Å². The molecule has 0 amide bonds. The lowest BCUT2D eigenvalue weighted by Crippen LogP contribution is -2.22. The molecular weight excluding hydrogens is 184 g/mol. The molecule has 0 fully saturated rings. The number of aromatic carboxylic acids is 1. The van der Waals surface area contributed by atoms with Crippen molar-refractivity contribution in [1.29, 1.82) is 0 Å². The molecule has 0 saturated carbocycles. The fourth-order valence-corrected chi connectivity index (χ4v) is 1.21. The Bertz CT molecular complexity index is 329. The summed E-state index contributed by atoms with van der Waals surface area (Å²) in [7, 11) is 0. The summed E-state index contributed by atoms with van der Waals surface area (Å²) in [5.74, 6) is -1.15. The van der Waals surface area contributed by atoms with Crippen LogP contribution < -0.4 is 4.90 Å². The zero-order chi connectivity index (χ0) is 10.7. The van der Waals surface area contributed by atoms with E-state index in [0.29, 0.717) is 11.7 Å². The molecule has 78 valence electrons. The average Bonchev–Trinajstić information content (AvgIpc) is 2.50. The number of hydrogen-bond acceptors (Lipinski definition) is 4. The van der Waals surface area contributed by atoms with Crippen LogP contribution in [0.15, 0.2) is 4.42 Å². The Hall–Kier alpha value is -1.52. The van der Waals surface area contributed by atoms with Crippen LogP contribution in [0.1, 0.15) is 30.1 Å². The van der Waals surface area contributed by atoms with Gasteiger partial charge in [0.1, 0.15) is 0 Å². The Labute approximate surface area is 82.4 Å². The third-order valence-electron chi connectivity index (χ3n) is 2.01. The van der Waals surface area contributed by atoms with Crippen molar-refractivity contribution in [3.8, 4) is 0 Å². The number of anilines is 1. The van der Waals surface area contributed by atoms with Gasteiger partial charge in [0.25, 0.3) is 6.01 Å². The topological polar surface area (TPSA) is 66.6 Å². The lowest BCUT2D eigenvalue weighted by Gasteiger charge is -2.14. The van der Waals surface area contributed by atoms with Crippen LogP contribution in [-0.4, -0.2) is 29.1 Å². The maximum absolute atomic E-state index is 10.7. The zero-order valence-corrected chi connectivity index (χ0v) is 8.57. The van der Waals surface area contributed by atoms with Gasteiger partial charge in [0.05, 0.1) is 5.69 Å². The molecular formula is C9H14N2O3. The normalized spacial score (nSPS) is 10.2. The Balaban J connectivity index is 3.01. The summed E-state index contributed by atoms with van der Waals surface area (Å²) < 4.78 is 5.14. The van der Waals surface area contributed by atoms with E-state index in [0.717, 1.165) is 13.1 Å². The minimum atomic E-state index is -1.08. The lowest BCUT2D eigenvalue weighted by atomic mass is 10.4. The number of nitrogens with zero attached hydrogens (tertiary/aromatic N) is 2. The highest BCUT2D eigenvalue weighted by Crippen LogP contribution is 2.17. The van der Waals surface area contributed by atoms with E-state index in [1.807, 2.05) is 18.7 Å². The zero-order valence-electron chi connectivity index (χ0n) is 8.57. The minimum absolute atomic E-state index is 0.0769. The van der Waals surface area contributed by atoms with Crippen LogP contribution in [0.5, 0.6) is 0 Å². The maximum atomic E-state index is 10.7. The van der Waals surface area contributed by atoms with Crippen LogP contribution in [0.2, 0.25) is 0 Å². The Morgan fingerprint density at radius 2 is 2.07 bits per heavy atom. The molecule has 0 radical (unpaired) electrons. The van der Waals surface area contributed by atoms with Crippen molar-refractivity contribution in [2.75, 3.05) is 18.0 Å². The number of aromatic nitrogens is 1. The van der Waals surface area contributed by atoms with Gasteiger partial charge in [-0.2, -0.15) is 4.98 Å². The molecule has 1 rings (SSSR count). The summed E-state index contributed by atoms with van der Waals surface area (Å²) in [5, 5.41) is 8.75. The molecule has 1 heterocycles. The Morgan fingerprint density at radius 3 is 2.43 bits per heavy atom. The van der Waals surface area contributed by atoms with E-state index in [4.69, 9.17) is 9.52 Å². The Morgan fingerprint density at radius 1 is 1.50 bits per heavy atom. The molecule has 0 saturated heterocycles. The van der Waals surface area contributed by atoms with Gasteiger partial charge in [0, 0.05) is 13.1 Å². The third kappa shape index (κ3) is 1.86. The number of carbonyl (C=O) groups is 1. The van der Waals surface area contributed by atoms with Crippen LogP contribution in [0.4, 0.5) is 6.01 Å². The SMILES string of the molecule is CCN(CC)c1nc(C)c(C(=O)O)o1. The minimum Gasteiger partial charge on any atom is -0.475 e. The van der Waals surface area contributed by atoms with E-state index in [-0.39, 0.29) is 5.76 Å². The van der Waals surface area contributed by atoms with Gasteiger partial charge >= 0.3 is 5.97 Å². The first-order valence-corrected chi connectivity index (χ1v) is 4.55. The summed E-state index contributed by atoms with van der Waals surface area (Å²) in [5.41, 5.74) is 0.416. The van der Waals surface area contributed by atoms with Crippen LogP contribution in [0.25, 0.3) is 0 Å². The lowest BCUT2D eigenvalue weighted by molar-refractivity contribution is 0.0662. The van der Waals surface area contributed by atoms with E-state index in [9.17, 15) is 4.79 Å². The van der Waals surface area contributed by atoms with E-state index in [1.165, 1.54) is 0 Å². The summed E-state index contributed by atoms with van der Waals surface area (Å²) in [6.07, 6.45) is 0. The summed E-state index contributed by atoms with van der Waals surface area (Å²) in [6.45, 7) is 7.04. The standard InChI is InChI=1S/C9H14N2O3/c1-4-11(5-2)9-10-6(3)7(14-9)8(12)13/h4-5H2,1-3H3,(H,12,13). The molecule has 1 aromatic heterocycles. The largest absolute Gasteiger partial charge is 0.475 e. The second-order valence-electron chi connectivity index (χ2n) is 2.89. The first-order chi connectivity index (χ1) is 6.60. The molecule has 5 nitrogen and oxygen atoms in total. The van der Waals surface area contributed by atoms with Crippen LogP contribution in [0, 0.1) is 6.92 Å². The van der Waals surface area contributed by atoms with Crippen LogP contribution >= 0.6 is 0 Å². The van der Waals surface area contributed by atoms with Gasteiger partial charge in [-0.25, -0.2) is 4.79 Å². The Kier molecular flexibility index (Phi) is 3.11. The highest BCUT2D eigenvalue weighted by atomic mass is 16.4. The van der Waals surface area contributed by atoms with Crippen LogP contribution in [0.3, 0.4) is 0 Å². The van der Waals surface area contributed by atoms with Crippen molar-refractivity contribution < 1.29 is 14.3 Å². The van der Waals surface area contributed by atoms with Gasteiger partial charge in [-0.15, -0.1) is 0 Å². The second-order valence-corrected chi connectivity index (χ2v) is 2.89. The van der Waals surface area contributed by atoms with E-state index in [2.05, 4.69) is 4.98 Å². The third-order valence-corrected chi connectivity index (χ3v) is 2.01. The molecule has 0 aromatic carbocycles. The molecule has 0 aliphatic rings. The molecule has 14 heavy (non-hydrogen) atoms. The fraction of sp³-hybridized carbons (Fsp3) is 0.556. The molecule has 1 aromatic rings. The second kappa shape index (κ2) is 4.13. The number of rotatable bonds is 4. The van der Waals surface area contributed by atoms with Crippen molar-refractivity contribution >= 4 is 12.0 Å². The molecule has 0 atom stereocenters. The van der Waals surface area contributed by atoms with Crippen molar-refractivity contribution in [3.05, 3.63) is 11.5 Å². The van der Waals surface area contributed by atoms with Gasteiger partial charge < -0.3 is 14.4 Å². The van der Waals surface area contributed by atoms with Gasteiger partial charge in [0.15, 0.2) is 0 Å². The summed E-state index contributed by atoms with van der Waals surface area (Å²) in [4.78, 5) is 16.6. The van der Waals surface area contributed by atoms with Crippen molar-refractivity contribution in [1.82, 2.24) is 4.98 Å². The molecule has 0 spiro atoms. The van der Waals surface area contributed by atoms with Gasteiger partial charge in [-0.1, -0.05) is 0 Å². The van der Waals surface area contributed by atoms with E-state index >= 15 is 0 Å². The molecule has 0 bridgehead atoms. The smallest absolute Gasteiger partial charge is 0.373 e. The van der Waals surface area contributed by atoms with E-state index < -0.39 is 5.97 Å². The van der Waals surface area contributed by atoms with Crippen molar-refractivity contribution in [2.24, 2.45) is 0 Å². The average molecular weight is 198 g/mol. The molecule has 5 heteroatoms. The molecule has 0 aliphatic heterocycles. The number of carboxylic acid groups (broad SMARTS) is 1. The number of aryl methyl sites for hydroxylation is 1. The highest BCUT2D eigenvalue weighted by Gasteiger charge is 2.18. The molecule has 1 N–H and O–H groups in total. The highest BCUT2D eigenvalue weighted by molar-refractivity contribution is 5.85. The van der Waals surface area contributed by atoms with Gasteiger partial charge in [-0.3, -0.25) is 0 Å². The van der Waals surface area contributed by atoms with Gasteiger partial charge in [0.2, 0.25) is 5.76 Å². The number of hydrogen-bond donors (Lipinski definition) is 1. The van der Waals surface area contributed by atoms with Crippen LogP contribution in [-0.2, 0) is 0 Å². The predicted molar refractivity (Wildman–Crippen MR) is 51.8 cm³/mol. The first-order valence-electron chi connectivity index (χ1n) is 4.55.